The van der Waals surface area contributed by atoms with Gasteiger partial charge >= 0.3 is 0 Å². The SMILES string of the molecule is CCCNC1CCCCC1OC1CCOC1. The maximum Gasteiger partial charge on any atom is 0.0834 e. The van der Waals surface area contributed by atoms with Gasteiger partial charge in [0.1, 0.15) is 0 Å². The highest BCUT2D eigenvalue weighted by Gasteiger charge is 2.29. The predicted molar refractivity (Wildman–Crippen MR) is 64.6 cm³/mol. The molecule has 0 radical (unpaired) electrons. The number of ether oxygens (including phenoxy) is 2. The maximum absolute atomic E-state index is 6.17. The first-order chi connectivity index (χ1) is 7.90. The summed E-state index contributed by atoms with van der Waals surface area (Å²) < 4.78 is 11.5. The van der Waals surface area contributed by atoms with Gasteiger partial charge in [0.15, 0.2) is 0 Å². The maximum atomic E-state index is 6.17. The molecule has 0 bridgehead atoms. The predicted octanol–water partition coefficient (Wildman–Crippen LogP) is 2.10. The van der Waals surface area contributed by atoms with Crippen molar-refractivity contribution in [2.45, 2.75) is 63.7 Å². The summed E-state index contributed by atoms with van der Waals surface area (Å²) in [6.45, 7) is 5.02. The van der Waals surface area contributed by atoms with Crippen molar-refractivity contribution >= 4 is 0 Å². The molecule has 3 nitrogen and oxygen atoms in total. The third-order valence-corrected chi connectivity index (χ3v) is 3.61. The van der Waals surface area contributed by atoms with Gasteiger partial charge in [-0.15, -0.1) is 0 Å². The molecule has 0 amide bonds. The summed E-state index contributed by atoms with van der Waals surface area (Å²) in [5.41, 5.74) is 0. The van der Waals surface area contributed by atoms with Crippen molar-refractivity contribution in [1.29, 1.82) is 0 Å². The Morgan fingerprint density at radius 2 is 2.12 bits per heavy atom. The Bertz CT molecular complexity index is 192. The summed E-state index contributed by atoms with van der Waals surface area (Å²) in [6.07, 6.45) is 8.23. The van der Waals surface area contributed by atoms with Crippen LogP contribution < -0.4 is 5.32 Å². The zero-order chi connectivity index (χ0) is 11.2. The van der Waals surface area contributed by atoms with Crippen LogP contribution in [0.4, 0.5) is 0 Å². The molecule has 3 atom stereocenters. The Morgan fingerprint density at radius 1 is 1.25 bits per heavy atom. The summed E-state index contributed by atoms with van der Waals surface area (Å²) in [5.74, 6) is 0. The third-order valence-electron chi connectivity index (χ3n) is 3.61. The van der Waals surface area contributed by atoms with Crippen LogP contribution in [0.3, 0.4) is 0 Å². The van der Waals surface area contributed by atoms with Gasteiger partial charge in [0.2, 0.25) is 0 Å². The molecule has 1 aliphatic heterocycles. The van der Waals surface area contributed by atoms with E-state index in [1.807, 2.05) is 0 Å². The average molecular weight is 227 g/mol. The second-order valence-electron chi connectivity index (χ2n) is 5.01. The molecule has 1 saturated carbocycles. The minimum Gasteiger partial charge on any atom is -0.379 e. The van der Waals surface area contributed by atoms with Crippen molar-refractivity contribution in [2.24, 2.45) is 0 Å². The molecule has 16 heavy (non-hydrogen) atoms. The zero-order valence-electron chi connectivity index (χ0n) is 10.4. The molecule has 2 aliphatic rings. The van der Waals surface area contributed by atoms with Crippen molar-refractivity contribution < 1.29 is 9.47 Å². The molecule has 1 aliphatic carbocycles. The lowest BCUT2D eigenvalue weighted by atomic mass is 9.92. The van der Waals surface area contributed by atoms with Gasteiger partial charge < -0.3 is 14.8 Å². The standard InChI is InChI=1S/C13H25NO2/c1-2-8-14-12-5-3-4-6-13(12)16-11-7-9-15-10-11/h11-14H,2-10H2,1H3. The fourth-order valence-corrected chi connectivity index (χ4v) is 2.69. The van der Waals surface area contributed by atoms with Crippen LogP contribution in [0.1, 0.15) is 45.4 Å². The number of hydrogen-bond acceptors (Lipinski definition) is 3. The van der Waals surface area contributed by atoms with E-state index in [-0.39, 0.29) is 0 Å². The molecule has 1 heterocycles. The van der Waals surface area contributed by atoms with Gasteiger partial charge in [0.05, 0.1) is 18.8 Å². The van der Waals surface area contributed by atoms with Gasteiger partial charge in [0, 0.05) is 12.6 Å². The molecule has 2 fully saturated rings. The number of nitrogens with one attached hydrogen (secondary N) is 1. The molecule has 0 aromatic rings. The van der Waals surface area contributed by atoms with E-state index >= 15 is 0 Å². The molecule has 1 N–H and O–H groups in total. The summed E-state index contributed by atoms with van der Waals surface area (Å²) in [7, 11) is 0. The van der Waals surface area contributed by atoms with Crippen molar-refractivity contribution in [3.63, 3.8) is 0 Å². The van der Waals surface area contributed by atoms with Crippen LogP contribution in [-0.4, -0.2) is 38.0 Å². The molecule has 0 spiro atoms. The van der Waals surface area contributed by atoms with Crippen LogP contribution in [0.2, 0.25) is 0 Å². The van der Waals surface area contributed by atoms with E-state index in [2.05, 4.69) is 12.2 Å². The van der Waals surface area contributed by atoms with E-state index in [1.165, 1.54) is 32.1 Å². The molecular weight excluding hydrogens is 202 g/mol. The Balaban J connectivity index is 1.78. The zero-order valence-corrected chi connectivity index (χ0v) is 10.4. The quantitative estimate of drug-likeness (QED) is 0.780. The van der Waals surface area contributed by atoms with Crippen molar-refractivity contribution in [3.8, 4) is 0 Å². The molecule has 0 aromatic carbocycles. The Labute approximate surface area is 98.9 Å². The minimum absolute atomic E-state index is 0.356. The van der Waals surface area contributed by atoms with Crippen molar-refractivity contribution in [2.75, 3.05) is 19.8 Å². The molecule has 94 valence electrons. The third kappa shape index (κ3) is 3.44. The lowest BCUT2D eigenvalue weighted by molar-refractivity contribution is -0.0480. The highest BCUT2D eigenvalue weighted by molar-refractivity contribution is 4.83. The van der Waals surface area contributed by atoms with Crippen LogP contribution in [0.15, 0.2) is 0 Å². The van der Waals surface area contributed by atoms with E-state index in [0.29, 0.717) is 18.2 Å². The number of hydrogen-bond donors (Lipinski definition) is 1. The lowest BCUT2D eigenvalue weighted by Crippen LogP contribution is -2.45. The summed E-state index contributed by atoms with van der Waals surface area (Å²) in [4.78, 5) is 0. The molecule has 1 saturated heterocycles. The molecule has 2 rings (SSSR count). The van der Waals surface area contributed by atoms with E-state index in [0.717, 1.165) is 26.2 Å². The van der Waals surface area contributed by atoms with E-state index in [9.17, 15) is 0 Å². The van der Waals surface area contributed by atoms with Crippen LogP contribution in [0, 0.1) is 0 Å². The molecule has 3 heteroatoms. The van der Waals surface area contributed by atoms with Gasteiger partial charge in [-0.25, -0.2) is 0 Å². The summed E-state index contributed by atoms with van der Waals surface area (Å²) in [6, 6.07) is 0.578. The molecule has 0 aromatic heterocycles. The normalized spacial score (nSPS) is 35.4. The monoisotopic (exact) mass is 227 g/mol. The largest absolute Gasteiger partial charge is 0.379 e. The second-order valence-corrected chi connectivity index (χ2v) is 5.01. The highest BCUT2D eigenvalue weighted by Crippen LogP contribution is 2.24. The van der Waals surface area contributed by atoms with Crippen LogP contribution in [0.25, 0.3) is 0 Å². The van der Waals surface area contributed by atoms with Gasteiger partial charge in [-0.2, -0.15) is 0 Å². The topological polar surface area (TPSA) is 30.5 Å². The Kier molecular flexibility index (Phi) is 5.07. The van der Waals surface area contributed by atoms with Gasteiger partial charge in [-0.3, -0.25) is 0 Å². The van der Waals surface area contributed by atoms with Gasteiger partial charge in [-0.05, 0) is 32.2 Å². The number of rotatable bonds is 5. The van der Waals surface area contributed by atoms with E-state index in [4.69, 9.17) is 9.47 Å². The Morgan fingerprint density at radius 3 is 2.88 bits per heavy atom. The lowest BCUT2D eigenvalue weighted by Gasteiger charge is -2.33. The first-order valence-electron chi connectivity index (χ1n) is 6.86. The second kappa shape index (κ2) is 6.58. The van der Waals surface area contributed by atoms with Gasteiger partial charge in [-0.1, -0.05) is 19.8 Å². The summed E-state index contributed by atoms with van der Waals surface area (Å²) in [5, 5.41) is 3.63. The average Bonchev–Trinajstić information content (AvgIpc) is 2.81. The van der Waals surface area contributed by atoms with Crippen molar-refractivity contribution in [1.82, 2.24) is 5.32 Å². The fraction of sp³-hybridized carbons (Fsp3) is 1.00. The Hall–Kier alpha value is -0.120. The molecule has 3 unspecified atom stereocenters. The fourth-order valence-electron chi connectivity index (χ4n) is 2.69. The molecular formula is C13H25NO2. The highest BCUT2D eigenvalue weighted by atomic mass is 16.6. The van der Waals surface area contributed by atoms with Crippen LogP contribution >= 0.6 is 0 Å². The van der Waals surface area contributed by atoms with Crippen LogP contribution in [0.5, 0.6) is 0 Å². The van der Waals surface area contributed by atoms with E-state index < -0.39 is 0 Å². The minimum atomic E-state index is 0.356. The van der Waals surface area contributed by atoms with Crippen molar-refractivity contribution in [3.05, 3.63) is 0 Å². The van der Waals surface area contributed by atoms with Gasteiger partial charge in [0.25, 0.3) is 0 Å². The van der Waals surface area contributed by atoms with E-state index in [1.54, 1.807) is 0 Å². The summed E-state index contributed by atoms with van der Waals surface area (Å²) >= 11 is 0. The van der Waals surface area contributed by atoms with Crippen LogP contribution in [-0.2, 0) is 9.47 Å². The first-order valence-corrected chi connectivity index (χ1v) is 6.86. The first kappa shape index (κ1) is 12.3. The smallest absolute Gasteiger partial charge is 0.0834 e.